The highest BCUT2D eigenvalue weighted by Gasteiger charge is 2.53. The van der Waals surface area contributed by atoms with Crippen molar-refractivity contribution in [3.05, 3.63) is 35.9 Å². The van der Waals surface area contributed by atoms with E-state index in [9.17, 15) is 14.7 Å². The van der Waals surface area contributed by atoms with Crippen LogP contribution in [0.2, 0.25) is 0 Å². The van der Waals surface area contributed by atoms with E-state index in [-0.39, 0.29) is 17.9 Å². The molecule has 1 amide bonds. The second-order valence-electron chi connectivity index (χ2n) is 8.10. The Bertz CT molecular complexity index is 620. The van der Waals surface area contributed by atoms with Gasteiger partial charge in [-0.3, -0.25) is 0 Å². The number of aliphatic carboxylic acids is 1. The Morgan fingerprint density at radius 1 is 1.19 bits per heavy atom. The van der Waals surface area contributed by atoms with Gasteiger partial charge in [0.1, 0.15) is 12.6 Å². The first kappa shape index (κ1) is 18.7. The molecule has 0 heterocycles. The number of carbonyl (C=O) groups is 2. The van der Waals surface area contributed by atoms with E-state index in [0.717, 1.165) is 44.1 Å². The van der Waals surface area contributed by atoms with Gasteiger partial charge in [0, 0.05) is 0 Å². The maximum Gasteiger partial charge on any atom is 0.408 e. The van der Waals surface area contributed by atoms with Crippen molar-refractivity contribution in [1.29, 1.82) is 0 Å². The van der Waals surface area contributed by atoms with Crippen molar-refractivity contribution in [2.45, 2.75) is 64.5 Å². The third-order valence-corrected chi connectivity index (χ3v) is 6.11. The van der Waals surface area contributed by atoms with E-state index in [4.69, 9.17) is 4.74 Å². The number of ether oxygens (including phenoxy) is 1. The summed E-state index contributed by atoms with van der Waals surface area (Å²) in [5.41, 5.74) is 0.908. The molecule has 0 bridgehead atoms. The zero-order chi connectivity index (χ0) is 18.6. The minimum atomic E-state index is -0.953. The molecule has 1 aromatic carbocycles. The fourth-order valence-corrected chi connectivity index (χ4v) is 4.46. The molecule has 2 fully saturated rings. The van der Waals surface area contributed by atoms with E-state index >= 15 is 0 Å². The predicted octanol–water partition coefficient (Wildman–Crippen LogP) is 4.36. The number of carbonyl (C=O) groups excluding carboxylic acids is 1. The molecule has 0 radical (unpaired) electrons. The topological polar surface area (TPSA) is 75.6 Å². The Balaban J connectivity index is 1.66. The van der Waals surface area contributed by atoms with Crippen LogP contribution in [0.5, 0.6) is 0 Å². The summed E-state index contributed by atoms with van der Waals surface area (Å²) in [5.74, 6) is -0.610. The molecule has 142 valence electrons. The lowest BCUT2D eigenvalue weighted by atomic mass is 9.69. The Morgan fingerprint density at radius 2 is 1.85 bits per heavy atom. The Morgan fingerprint density at radius 3 is 2.42 bits per heavy atom. The van der Waals surface area contributed by atoms with E-state index in [2.05, 4.69) is 12.2 Å². The van der Waals surface area contributed by atoms with E-state index < -0.39 is 18.1 Å². The molecule has 2 aliphatic rings. The predicted molar refractivity (Wildman–Crippen MR) is 98.6 cm³/mol. The molecule has 0 aromatic heterocycles. The van der Waals surface area contributed by atoms with Gasteiger partial charge in [-0.2, -0.15) is 0 Å². The van der Waals surface area contributed by atoms with E-state index in [1.54, 1.807) is 0 Å². The minimum Gasteiger partial charge on any atom is -0.480 e. The molecule has 1 unspecified atom stereocenters. The Hall–Kier alpha value is -2.04. The average Bonchev–Trinajstić information content (AvgIpc) is 3.39. The molecule has 2 N–H and O–H groups in total. The summed E-state index contributed by atoms with van der Waals surface area (Å²) >= 11 is 0. The Labute approximate surface area is 155 Å². The SMILES string of the molecule is CC1(C(C2CCCCC2)[C@H](NC(=O)OCc2ccccc2)C(=O)O)CC1. The van der Waals surface area contributed by atoms with Gasteiger partial charge in [0.05, 0.1) is 0 Å². The molecule has 2 saturated carbocycles. The zero-order valence-corrected chi connectivity index (χ0v) is 15.4. The van der Waals surface area contributed by atoms with Crippen LogP contribution in [0.3, 0.4) is 0 Å². The summed E-state index contributed by atoms with van der Waals surface area (Å²) in [4.78, 5) is 24.3. The molecule has 2 atom stereocenters. The molecule has 0 saturated heterocycles. The summed E-state index contributed by atoms with van der Waals surface area (Å²) in [5, 5.41) is 12.5. The summed E-state index contributed by atoms with van der Waals surface area (Å²) in [6, 6.07) is 8.52. The van der Waals surface area contributed by atoms with E-state index in [1.807, 2.05) is 30.3 Å². The lowest BCUT2D eigenvalue weighted by Crippen LogP contribution is -2.51. The highest BCUT2D eigenvalue weighted by Crippen LogP contribution is 2.57. The molecule has 1 aromatic rings. The largest absolute Gasteiger partial charge is 0.480 e. The first-order chi connectivity index (χ1) is 12.5. The number of carboxylic acid groups (broad SMARTS) is 1. The molecule has 0 aliphatic heterocycles. The zero-order valence-electron chi connectivity index (χ0n) is 15.4. The third kappa shape index (κ3) is 4.57. The summed E-state index contributed by atoms with van der Waals surface area (Å²) in [6.45, 7) is 2.31. The van der Waals surface area contributed by atoms with Gasteiger partial charge in [0.2, 0.25) is 0 Å². The molecule has 2 aliphatic carbocycles. The lowest BCUT2D eigenvalue weighted by molar-refractivity contribution is -0.142. The lowest BCUT2D eigenvalue weighted by Gasteiger charge is -2.38. The van der Waals surface area contributed by atoms with Crippen LogP contribution in [0.4, 0.5) is 4.79 Å². The summed E-state index contributed by atoms with van der Waals surface area (Å²) in [6.07, 6.45) is 7.09. The first-order valence-corrected chi connectivity index (χ1v) is 9.70. The van der Waals surface area contributed by atoms with Crippen LogP contribution >= 0.6 is 0 Å². The van der Waals surface area contributed by atoms with E-state index in [0.29, 0.717) is 5.92 Å². The normalized spacial score (nSPS) is 21.4. The number of nitrogens with one attached hydrogen (secondary N) is 1. The van der Waals surface area contributed by atoms with Crippen molar-refractivity contribution in [2.24, 2.45) is 17.3 Å². The molecule has 5 nitrogen and oxygen atoms in total. The van der Waals surface area contributed by atoms with Gasteiger partial charge in [-0.15, -0.1) is 0 Å². The number of carboxylic acids is 1. The van der Waals surface area contributed by atoms with Gasteiger partial charge in [-0.25, -0.2) is 9.59 Å². The number of hydrogen-bond donors (Lipinski definition) is 2. The van der Waals surface area contributed by atoms with Crippen LogP contribution in [0.25, 0.3) is 0 Å². The molecular weight excluding hydrogens is 330 g/mol. The van der Waals surface area contributed by atoms with Gasteiger partial charge in [-0.05, 0) is 35.7 Å². The number of benzene rings is 1. The number of alkyl carbamates (subject to hydrolysis) is 1. The summed E-state index contributed by atoms with van der Waals surface area (Å²) in [7, 11) is 0. The average molecular weight is 359 g/mol. The molecular formula is C21H29NO4. The van der Waals surface area contributed by atoms with Crippen molar-refractivity contribution >= 4 is 12.1 Å². The quantitative estimate of drug-likeness (QED) is 0.758. The second-order valence-corrected chi connectivity index (χ2v) is 8.10. The maximum absolute atomic E-state index is 12.3. The van der Waals surface area contributed by atoms with Crippen molar-refractivity contribution < 1.29 is 19.4 Å². The van der Waals surface area contributed by atoms with Gasteiger partial charge in [0.15, 0.2) is 0 Å². The van der Waals surface area contributed by atoms with Crippen LogP contribution in [0.15, 0.2) is 30.3 Å². The van der Waals surface area contributed by atoms with Gasteiger partial charge < -0.3 is 15.2 Å². The maximum atomic E-state index is 12.3. The smallest absolute Gasteiger partial charge is 0.408 e. The van der Waals surface area contributed by atoms with Gasteiger partial charge in [0.25, 0.3) is 0 Å². The molecule has 26 heavy (non-hydrogen) atoms. The van der Waals surface area contributed by atoms with Crippen LogP contribution in [0, 0.1) is 17.3 Å². The third-order valence-electron chi connectivity index (χ3n) is 6.11. The number of rotatable bonds is 7. The fraction of sp³-hybridized carbons (Fsp3) is 0.619. The second kappa shape index (κ2) is 8.11. The standard InChI is InChI=1S/C21H29NO4/c1-21(12-13-21)17(16-10-6-3-7-11-16)18(19(23)24)22-20(25)26-14-15-8-4-2-5-9-15/h2,4-5,8-9,16-18H,3,6-7,10-14H2,1H3,(H,22,25)(H,23,24)/t17?,18-/m0/s1. The van der Waals surface area contributed by atoms with Crippen molar-refractivity contribution in [2.75, 3.05) is 0 Å². The van der Waals surface area contributed by atoms with Crippen LogP contribution in [0.1, 0.15) is 57.4 Å². The molecule has 5 heteroatoms. The van der Waals surface area contributed by atoms with Crippen LogP contribution < -0.4 is 5.32 Å². The first-order valence-electron chi connectivity index (χ1n) is 9.70. The van der Waals surface area contributed by atoms with Crippen molar-refractivity contribution in [3.63, 3.8) is 0 Å². The monoisotopic (exact) mass is 359 g/mol. The van der Waals surface area contributed by atoms with Crippen LogP contribution in [-0.4, -0.2) is 23.2 Å². The number of amides is 1. The summed E-state index contributed by atoms with van der Waals surface area (Å²) < 4.78 is 5.27. The van der Waals surface area contributed by atoms with Crippen molar-refractivity contribution in [3.8, 4) is 0 Å². The van der Waals surface area contributed by atoms with Crippen LogP contribution in [-0.2, 0) is 16.1 Å². The van der Waals surface area contributed by atoms with Crippen molar-refractivity contribution in [1.82, 2.24) is 5.32 Å². The highest BCUT2D eigenvalue weighted by atomic mass is 16.5. The fourth-order valence-electron chi connectivity index (χ4n) is 4.46. The Kier molecular flexibility index (Phi) is 5.84. The molecule has 0 spiro atoms. The minimum absolute atomic E-state index is 0.0235. The van der Waals surface area contributed by atoms with Gasteiger partial charge >= 0.3 is 12.1 Å². The van der Waals surface area contributed by atoms with Gasteiger partial charge in [-0.1, -0.05) is 69.4 Å². The highest BCUT2D eigenvalue weighted by molar-refractivity contribution is 5.80. The van der Waals surface area contributed by atoms with E-state index in [1.165, 1.54) is 6.42 Å². The number of hydrogen-bond acceptors (Lipinski definition) is 3. The molecule has 3 rings (SSSR count).